The Bertz CT molecular complexity index is 152. The van der Waals surface area contributed by atoms with Gasteiger partial charge in [-0.1, -0.05) is 13.0 Å². The standard InChI is InChI=1S/C9H15NS/c1-2-11-8-5-9-3-6-10-7-4-9/h3,6-7,9H,2,4-5,8H2,1H3. The SMILES string of the molecule is CCSCCC1C=CN=CC1. The fourth-order valence-corrected chi connectivity index (χ4v) is 1.86. The zero-order valence-corrected chi connectivity index (χ0v) is 7.81. The van der Waals surface area contributed by atoms with Gasteiger partial charge >= 0.3 is 0 Å². The largest absolute Gasteiger partial charge is 0.269 e. The summed E-state index contributed by atoms with van der Waals surface area (Å²) in [6, 6.07) is 0. The highest BCUT2D eigenvalue weighted by Gasteiger charge is 2.04. The second-order valence-electron chi connectivity index (χ2n) is 2.65. The Labute approximate surface area is 73.0 Å². The molecule has 1 rings (SSSR count). The van der Waals surface area contributed by atoms with Crippen LogP contribution in [0.4, 0.5) is 0 Å². The summed E-state index contributed by atoms with van der Waals surface area (Å²) in [6.07, 6.45) is 8.60. The highest BCUT2D eigenvalue weighted by molar-refractivity contribution is 7.99. The van der Waals surface area contributed by atoms with Gasteiger partial charge in [0.25, 0.3) is 0 Å². The molecule has 0 N–H and O–H groups in total. The van der Waals surface area contributed by atoms with E-state index in [9.17, 15) is 0 Å². The van der Waals surface area contributed by atoms with E-state index in [1.165, 1.54) is 17.9 Å². The Kier molecular flexibility index (Phi) is 4.36. The summed E-state index contributed by atoms with van der Waals surface area (Å²) in [5.74, 6) is 3.29. The molecule has 1 aliphatic heterocycles. The van der Waals surface area contributed by atoms with Crippen molar-refractivity contribution in [1.82, 2.24) is 0 Å². The monoisotopic (exact) mass is 169 g/mol. The highest BCUT2D eigenvalue weighted by atomic mass is 32.2. The normalized spacial score (nSPS) is 22.5. The van der Waals surface area contributed by atoms with Crippen molar-refractivity contribution in [3.05, 3.63) is 12.3 Å². The van der Waals surface area contributed by atoms with Gasteiger partial charge in [0.05, 0.1) is 0 Å². The minimum absolute atomic E-state index is 0.756. The summed E-state index contributed by atoms with van der Waals surface area (Å²) < 4.78 is 0. The van der Waals surface area contributed by atoms with E-state index < -0.39 is 0 Å². The van der Waals surface area contributed by atoms with Crippen molar-refractivity contribution >= 4 is 18.0 Å². The predicted molar refractivity (Wildman–Crippen MR) is 53.4 cm³/mol. The van der Waals surface area contributed by atoms with Crippen molar-refractivity contribution in [2.24, 2.45) is 10.9 Å². The van der Waals surface area contributed by atoms with Gasteiger partial charge in [-0.15, -0.1) is 0 Å². The molecule has 0 aromatic heterocycles. The van der Waals surface area contributed by atoms with Crippen LogP contribution in [-0.4, -0.2) is 17.7 Å². The van der Waals surface area contributed by atoms with Gasteiger partial charge in [-0.05, 0) is 30.3 Å². The lowest BCUT2D eigenvalue weighted by molar-refractivity contribution is 0.659. The average molecular weight is 169 g/mol. The summed E-state index contributed by atoms with van der Waals surface area (Å²) in [6.45, 7) is 2.21. The van der Waals surface area contributed by atoms with Gasteiger partial charge in [0.2, 0.25) is 0 Å². The lowest BCUT2D eigenvalue weighted by atomic mass is 10.0. The van der Waals surface area contributed by atoms with Crippen LogP contribution in [0.5, 0.6) is 0 Å². The highest BCUT2D eigenvalue weighted by Crippen LogP contribution is 2.15. The first-order valence-corrected chi connectivity index (χ1v) is 5.35. The van der Waals surface area contributed by atoms with Gasteiger partial charge in [-0.2, -0.15) is 11.8 Å². The maximum atomic E-state index is 4.04. The topological polar surface area (TPSA) is 12.4 Å². The first-order chi connectivity index (χ1) is 5.43. The van der Waals surface area contributed by atoms with Crippen molar-refractivity contribution in [3.8, 4) is 0 Å². The molecular weight excluding hydrogens is 154 g/mol. The van der Waals surface area contributed by atoms with Gasteiger partial charge in [0, 0.05) is 12.4 Å². The van der Waals surface area contributed by atoms with E-state index in [-0.39, 0.29) is 0 Å². The third-order valence-corrected chi connectivity index (χ3v) is 2.73. The molecule has 11 heavy (non-hydrogen) atoms. The number of thioether (sulfide) groups is 1. The van der Waals surface area contributed by atoms with E-state index in [0.717, 1.165) is 12.3 Å². The lowest BCUT2D eigenvalue weighted by Gasteiger charge is -2.10. The number of hydrogen-bond acceptors (Lipinski definition) is 2. The van der Waals surface area contributed by atoms with Crippen molar-refractivity contribution < 1.29 is 0 Å². The van der Waals surface area contributed by atoms with Crippen LogP contribution in [0.3, 0.4) is 0 Å². The van der Waals surface area contributed by atoms with Crippen LogP contribution in [0, 0.1) is 5.92 Å². The summed E-state index contributed by atoms with van der Waals surface area (Å²) in [7, 11) is 0. The van der Waals surface area contributed by atoms with Gasteiger partial charge < -0.3 is 0 Å². The molecule has 0 fully saturated rings. The fraction of sp³-hybridized carbons (Fsp3) is 0.667. The fourth-order valence-electron chi connectivity index (χ4n) is 1.10. The number of rotatable bonds is 4. The maximum absolute atomic E-state index is 4.04. The molecule has 0 aromatic rings. The third-order valence-electron chi connectivity index (χ3n) is 1.79. The average Bonchev–Trinajstić information content (AvgIpc) is 2.07. The molecule has 0 aromatic carbocycles. The second-order valence-corrected chi connectivity index (χ2v) is 4.05. The van der Waals surface area contributed by atoms with E-state index in [2.05, 4.69) is 18.0 Å². The van der Waals surface area contributed by atoms with Gasteiger partial charge in [-0.3, -0.25) is 4.99 Å². The first kappa shape index (κ1) is 8.85. The van der Waals surface area contributed by atoms with Crippen LogP contribution in [0.2, 0.25) is 0 Å². The quantitative estimate of drug-likeness (QED) is 0.589. The smallest absolute Gasteiger partial charge is 0.0226 e. The summed E-state index contributed by atoms with van der Waals surface area (Å²) in [4.78, 5) is 4.04. The van der Waals surface area contributed by atoms with E-state index >= 15 is 0 Å². The Morgan fingerprint density at radius 3 is 3.18 bits per heavy atom. The molecule has 2 heteroatoms. The summed E-state index contributed by atoms with van der Waals surface area (Å²) >= 11 is 2.02. The molecule has 0 spiro atoms. The molecule has 0 bridgehead atoms. The lowest BCUT2D eigenvalue weighted by Crippen LogP contribution is -2.01. The zero-order chi connectivity index (χ0) is 7.94. The Morgan fingerprint density at radius 2 is 2.55 bits per heavy atom. The molecule has 1 aliphatic rings. The van der Waals surface area contributed by atoms with Crippen molar-refractivity contribution in [1.29, 1.82) is 0 Å². The number of nitrogens with zero attached hydrogens (tertiary/aromatic N) is 1. The van der Waals surface area contributed by atoms with E-state index in [4.69, 9.17) is 0 Å². The summed E-state index contributed by atoms with van der Waals surface area (Å²) in [5, 5.41) is 0. The van der Waals surface area contributed by atoms with Crippen LogP contribution in [0.25, 0.3) is 0 Å². The molecule has 1 atom stereocenters. The Balaban J connectivity index is 2.07. The van der Waals surface area contributed by atoms with Crippen LogP contribution >= 0.6 is 11.8 Å². The third kappa shape index (κ3) is 3.61. The van der Waals surface area contributed by atoms with Gasteiger partial charge in [0.1, 0.15) is 0 Å². The Morgan fingerprint density at radius 1 is 1.64 bits per heavy atom. The van der Waals surface area contributed by atoms with Crippen LogP contribution in [0.1, 0.15) is 19.8 Å². The van der Waals surface area contributed by atoms with Crippen LogP contribution < -0.4 is 0 Å². The minimum Gasteiger partial charge on any atom is -0.269 e. The molecule has 0 radical (unpaired) electrons. The molecule has 0 saturated carbocycles. The minimum atomic E-state index is 0.756. The van der Waals surface area contributed by atoms with Gasteiger partial charge in [0.15, 0.2) is 0 Å². The molecule has 0 amide bonds. The molecule has 0 saturated heterocycles. The van der Waals surface area contributed by atoms with E-state index in [1.54, 1.807) is 0 Å². The van der Waals surface area contributed by atoms with Gasteiger partial charge in [-0.25, -0.2) is 0 Å². The van der Waals surface area contributed by atoms with E-state index in [0.29, 0.717) is 0 Å². The summed E-state index contributed by atoms with van der Waals surface area (Å²) in [5.41, 5.74) is 0. The van der Waals surface area contributed by atoms with Crippen molar-refractivity contribution in [3.63, 3.8) is 0 Å². The molecule has 1 nitrogen and oxygen atoms in total. The molecular formula is C9H15NS. The number of aliphatic imine (C=N–C) groups is 1. The molecule has 62 valence electrons. The predicted octanol–water partition coefficient (Wildman–Crippen LogP) is 2.73. The molecule has 0 aliphatic carbocycles. The Hall–Kier alpha value is -0.240. The first-order valence-electron chi connectivity index (χ1n) is 4.19. The van der Waals surface area contributed by atoms with Crippen LogP contribution in [0.15, 0.2) is 17.3 Å². The zero-order valence-electron chi connectivity index (χ0n) is 6.99. The van der Waals surface area contributed by atoms with Crippen molar-refractivity contribution in [2.75, 3.05) is 11.5 Å². The maximum Gasteiger partial charge on any atom is 0.0226 e. The molecule has 1 heterocycles. The van der Waals surface area contributed by atoms with Crippen LogP contribution in [-0.2, 0) is 0 Å². The second kappa shape index (κ2) is 5.42. The van der Waals surface area contributed by atoms with Crippen molar-refractivity contribution in [2.45, 2.75) is 19.8 Å². The number of hydrogen-bond donors (Lipinski definition) is 0. The number of allylic oxidation sites excluding steroid dienone is 1. The molecule has 1 unspecified atom stereocenters. The van der Waals surface area contributed by atoms with E-state index in [1.807, 2.05) is 24.2 Å².